The minimum atomic E-state index is -0.671. The first-order valence-corrected chi connectivity index (χ1v) is 13.7. The van der Waals surface area contributed by atoms with Crippen LogP contribution in [0.5, 0.6) is 0 Å². The largest absolute Gasteiger partial charge is 0.394 e. The molecule has 14 heteroatoms. The van der Waals surface area contributed by atoms with E-state index in [0.29, 0.717) is 11.6 Å². The molecule has 0 saturated carbocycles. The number of aryl methyl sites for hydroxylation is 1. The minimum Gasteiger partial charge on any atom is -0.394 e. The number of imidazole rings is 1. The van der Waals surface area contributed by atoms with Crippen LogP contribution in [0.4, 0.5) is 0 Å². The molecule has 0 aliphatic carbocycles. The number of halogens is 1. The van der Waals surface area contributed by atoms with Gasteiger partial charge in [-0.25, -0.2) is 4.79 Å². The average molecular weight is 589 g/mol. The van der Waals surface area contributed by atoms with Crippen LogP contribution in [0.2, 0.25) is 5.02 Å². The van der Waals surface area contributed by atoms with Crippen LogP contribution in [0.3, 0.4) is 0 Å². The fraction of sp³-hybridized carbons (Fsp3) is 0.500. The standard InChI is InChI=1S/C16H20ClN3S.C10H13N5O4/c1-10(2)6-7-19-9-12-13(17)4-5-14-15(12)20(8-11(19)3)16(21)18-14;1-5-3-15(10(18)12-9(5)17)8-2-6(13-14-11)7(4-16)19-8/h4-6,11H,7-9H2,1-3H3,(H,18,21);3,6-8,16H,2,4H2,1H3,(H,12,17,18)/t11-;6-,7+,8+/m00/s1. The van der Waals surface area contributed by atoms with E-state index >= 15 is 0 Å². The Morgan fingerprint density at radius 2 is 2.10 bits per heavy atom. The highest BCUT2D eigenvalue weighted by molar-refractivity contribution is 7.71. The molecule has 0 bridgehead atoms. The number of hydrogen-bond acceptors (Lipinski definition) is 7. The molecule has 0 spiro atoms. The molecule has 2 aliphatic heterocycles. The van der Waals surface area contributed by atoms with Gasteiger partial charge in [-0.15, -0.1) is 0 Å². The molecule has 3 aromatic rings. The summed E-state index contributed by atoms with van der Waals surface area (Å²) in [5.74, 6) is 0. The summed E-state index contributed by atoms with van der Waals surface area (Å²) in [5.41, 5.74) is 12.5. The van der Waals surface area contributed by atoms with Crippen molar-refractivity contribution < 1.29 is 9.84 Å². The number of hydrogen-bond donors (Lipinski definition) is 3. The Hall–Kier alpha value is -3.19. The third kappa shape index (κ3) is 6.25. The summed E-state index contributed by atoms with van der Waals surface area (Å²) in [6.45, 7) is 10.5. The summed E-state index contributed by atoms with van der Waals surface area (Å²) in [6, 6.07) is 3.85. The van der Waals surface area contributed by atoms with E-state index in [0.717, 1.165) is 34.9 Å². The van der Waals surface area contributed by atoms with Gasteiger partial charge < -0.3 is 19.4 Å². The number of rotatable bonds is 5. The van der Waals surface area contributed by atoms with E-state index in [9.17, 15) is 9.59 Å². The topological polar surface area (TPSA) is 157 Å². The Bertz CT molecular complexity index is 1650. The number of aliphatic hydroxyl groups excluding tert-OH is 1. The first-order chi connectivity index (χ1) is 19.0. The summed E-state index contributed by atoms with van der Waals surface area (Å²) in [4.78, 5) is 33.6. The van der Waals surface area contributed by atoms with E-state index in [1.807, 2.05) is 12.1 Å². The molecule has 1 saturated heterocycles. The van der Waals surface area contributed by atoms with Gasteiger partial charge in [-0.1, -0.05) is 28.4 Å². The second kappa shape index (κ2) is 12.5. The molecule has 0 unspecified atom stereocenters. The maximum Gasteiger partial charge on any atom is 0.330 e. The van der Waals surface area contributed by atoms with Gasteiger partial charge >= 0.3 is 5.69 Å². The maximum atomic E-state index is 11.7. The lowest BCUT2D eigenvalue weighted by atomic mass is 10.1. The molecule has 0 amide bonds. The van der Waals surface area contributed by atoms with Crippen molar-refractivity contribution in [2.45, 2.75) is 71.6 Å². The summed E-state index contributed by atoms with van der Waals surface area (Å²) in [7, 11) is 0. The first kappa shape index (κ1) is 29.8. The van der Waals surface area contributed by atoms with Crippen molar-refractivity contribution >= 4 is 34.9 Å². The van der Waals surface area contributed by atoms with Crippen LogP contribution < -0.4 is 11.2 Å². The van der Waals surface area contributed by atoms with Crippen molar-refractivity contribution in [1.82, 2.24) is 24.0 Å². The number of nitrogens with zero attached hydrogens (tertiary/aromatic N) is 6. The van der Waals surface area contributed by atoms with Crippen LogP contribution in [0, 0.1) is 11.7 Å². The smallest absolute Gasteiger partial charge is 0.330 e. The molecular formula is C26H33ClN8O4S. The Kier molecular flexibility index (Phi) is 9.34. The summed E-state index contributed by atoms with van der Waals surface area (Å²) in [5, 5.41) is 13.5. The van der Waals surface area contributed by atoms with E-state index < -0.39 is 29.6 Å². The van der Waals surface area contributed by atoms with Gasteiger partial charge in [0.25, 0.3) is 5.56 Å². The molecule has 4 atom stereocenters. The Labute approximate surface area is 240 Å². The normalized spacial score (nSPS) is 22.2. The molecule has 1 fully saturated rings. The predicted octanol–water partition coefficient (Wildman–Crippen LogP) is 4.33. The van der Waals surface area contributed by atoms with E-state index in [-0.39, 0.29) is 13.0 Å². The lowest BCUT2D eigenvalue weighted by Gasteiger charge is -2.26. The number of benzene rings is 1. The quantitative estimate of drug-likeness (QED) is 0.132. The van der Waals surface area contributed by atoms with E-state index in [1.54, 1.807) is 6.92 Å². The zero-order valence-electron chi connectivity index (χ0n) is 22.8. The van der Waals surface area contributed by atoms with Crippen molar-refractivity contribution in [3.8, 4) is 0 Å². The molecule has 0 radical (unpaired) electrons. The Morgan fingerprint density at radius 1 is 1.35 bits per heavy atom. The second-order valence-electron chi connectivity index (χ2n) is 10.3. The van der Waals surface area contributed by atoms with Crippen LogP contribution in [0.1, 0.15) is 44.5 Å². The molecule has 2 aromatic heterocycles. The number of azide groups is 1. The molecule has 5 rings (SSSR count). The lowest BCUT2D eigenvalue weighted by Crippen LogP contribution is -2.34. The van der Waals surface area contributed by atoms with Gasteiger partial charge in [0.1, 0.15) is 6.23 Å². The number of H-pyrrole nitrogens is 2. The fourth-order valence-corrected chi connectivity index (χ4v) is 5.44. The van der Waals surface area contributed by atoms with Gasteiger partial charge in [-0.3, -0.25) is 19.2 Å². The van der Waals surface area contributed by atoms with Gasteiger partial charge in [-0.05, 0) is 57.6 Å². The lowest BCUT2D eigenvalue weighted by molar-refractivity contribution is -0.0271. The fourth-order valence-electron chi connectivity index (χ4n) is 4.95. The highest BCUT2D eigenvalue weighted by Gasteiger charge is 2.35. The van der Waals surface area contributed by atoms with Gasteiger partial charge in [0, 0.05) is 59.4 Å². The minimum absolute atomic E-state index is 0.265. The molecule has 3 N–H and O–H groups in total. The van der Waals surface area contributed by atoms with E-state index in [4.69, 9.17) is 39.2 Å². The van der Waals surface area contributed by atoms with Crippen molar-refractivity contribution in [2.24, 2.45) is 5.11 Å². The zero-order valence-corrected chi connectivity index (χ0v) is 24.4. The molecule has 40 heavy (non-hydrogen) atoms. The van der Waals surface area contributed by atoms with Gasteiger partial charge in [-0.2, -0.15) is 0 Å². The van der Waals surface area contributed by atoms with Crippen molar-refractivity contribution in [3.63, 3.8) is 0 Å². The van der Waals surface area contributed by atoms with Crippen molar-refractivity contribution in [1.29, 1.82) is 0 Å². The average Bonchev–Trinajstić information content (AvgIpc) is 3.40. The summed E-state index contributed by atoms with van der Waals surface area (Å²) in [6.07, 6.45) is 2.60. The second-order valence-corrected chi connectivity index (χ2v) is 11.1. The SMILES string of the molecule is CC(C)=CCN1Cc2c(Cl)ccc3[nH]c(=S)n(c23)C[C@@H]1C.Cc1cn([C@H]2C[C@H](N=[N+]=[N-])[C@@H](CO)O2)c(=O)[nH]c1=O. The monoisotopic (exact) mass is 588 g/mol. The number of allylic oxidation sites excluding steroid dienone is 1. The highest BCUT2D eigenvalue weighted by Crippen LogP contribution is 2.31. The third-order valence-corrected chi connectivity index (χ3v) is 7.86. The number of aromatic nitrogens is 4. The van der Waals surface area contributed by atoms with Crippen LogP contribution in [-0.4, -0.2) is 60.4 Å². The van der Waals surface area contributed by atoms with Gasteiger partial charge in [0.05, 0.1) is 29.8 Å². The summed E-state index contributed by atoms with van der Waals surface area (Å²) < 4.78 is 9.67. The maximum absolute atomic E-state index is 11.7. The molecular weight excluding hydrogens is 556 g/mol. The van der Waals surface area contributed by atoms with Crippen LogP contribution in [0.15, 0.2) is 44.7 Å². The first-order valence-electron chi connectivity index (χ1n) is 12.9. The Morgan fingerprint density at radius 3 is 2.77 bits per heavy atom. The number of nitrogens with one attached hydrogen (secondary N) is 2. The molecule has 1 aromatic carbocycles. The molecule has 4 heterocycles. The summed E-state index contributed by atoms with van der Waals surface area (Å²) >= 11 is 11.9. The van der Waals surface area contributed by atoms with Crippen LogP contribution in [0.25, 0.3) is 21.5 Å². The predicted molar refractivity (Wildman–Crippen MR) is 156 cm³/mol. The van der Waals surface area contributed by atoms with E-state index in [1.165, 1.54) is 27.4 Å². The molecule has 12 nitrogen and oxygen atoms in total. The number of ether oxygens (including phenoxy) is 1. The Balaban J connectivity index is 0.000000186. The van der Waals surface area contributed by atoms with Crippen LogP contribution >= 0.6 is 23.8 Å². The van der Waals surface area contributed by atoms with Crippen molar-refractivity contribution in [3.05, 3.63) is 82.2 Å². The third-order valence-electron chi connectivity index (χ3n) is 7.19. The zero-order chi connectivity index (χ0) is 29.1. The highest BCUT2D eigenvalue weighted by atomic mass is 35.5. The van der Waals surface area contributed by atoms with Crippen molar-refractivity contribution in [2.75, 3.05) is 13.2 Å². The van der Waals surface area contributed by atoms with Gasteiger partial charge in [0.2, 0.25) is 0 Å². The van der Waals surface area contributed by atoms with Crippen LogP contribution in [-0.2, 0) is 17.8 Å². The molecule has 2 aliphatic rings. The van der Waals surface area contributed by atoms with E-state index in [2.05, 4.69) is 56.3 Å². The van der Waals surface area contributed by atoms with Gasteiger partial charge in [0.15, 0.2) is 4.77 Å². The number of aliphatic hydroxyl groups is 1. The number of aromatic amines is 2. The molecule has 214 valence electrons.